The molecular weight excluding hydrogens is 332 g/mol. The van der Waals surface area contributed by atoms with Gasteiger partial charge in [-0.1, -0.05) is 12.1 Å². The van der Waals surface area contributed by atoms with E-state index in [1.54, 1.807) is 0 Å². The van der Waals surface area contributed by atoms with Gasteiger partial charge in [-0.25, -0.2) is 4.98 Å². The number of nitrogens with one attached hydrogen (secondary N) is 1. The molecule has 0 spiro atoms. The van der Waals surface area contributed by atoms with Gasteiger partial charge in [-0.2, -0.15) is 0 Å². The number of rotatable bonds is 4. The van der Waals surface area contributed by atoms with Crippen molar-refractivity contribution in [2.45, 2.75) is 19.4 Å². The third-order valence-electron chi connectivity index (χ3n) is 4.48. The van der Waals surface area contributed by atoms with Crippen LogP contribution in [-0.2, 0) is 13.0 Å². The number of imidazole rings is 1. The zero-order valence-corrected chi connectivity index (χ0v) is 13.9. The molecule has 1 aliphatic rings. The fourth-order valence-electron chi connectivity index (χ4n) is 3.18. The summed E-state index contributed by atoms with van der Waals surface area (Å²) in [6.07, 6.45) is 3.97. The summed E-state index contributed by atoms with van der Waals surface area (Å²) in [5.41, 5.74) is 3.03. The molecule has 0 radical (unpaired) electrons. The zero-order valence-electron chi connectivity index (χ0n) is 13.9. The maximum atomic E-state index is 12.4. The number of nitro benzene ring substituents is 1. The Morgan fingerprint density at radius 3 is 2.77 bits per heavy atom. The van der Waals surface area contributed by atoms with Gasteiger partial charge in [-0.3, -0.25) is 14.9 Å². The largest absolute Gasteiger partial charge is 0.328 e. The first-order valence-corrected chi connectivity index (χ1v) is 8.32. The van der Waals surface area contributed by atoms with E-state index in [9.17, 15) is 14.9 Å². The van der Waals surface area contributed by atoms with Crippen molar-refractivity contribution < 1.29 is 9.72 Å². The highest BCUT2D eigenvalue weighted by molar-refractivity contribution is 6.04. The Balaban J connectivity index is 1.55. The number of non-ortho nitro benzene ring substituents is 1. The van der Waals surface area contributed by atoms with E-state index in [0.717, 1.165) is 36.5 Å². The van der Waals surface area contributed by atoms with E-state index in [0.29, 0.717) is 11.3 Å². The van der Waals surface area contributed by atoms with Gasteiger partial charge in [0.15, 0.2) is 0 Å². The Hall–Kier alpha value is -3.48. The second kappa shape index (κ2) is 6.44. The predicted octanol–water partition coefficient (Wildman–Crippen LogP) is 3.66. The molecule has 0 unspecified atom stereocenters. The molecule has 1 aromatic heterocycles. The first kappa shape index (κ1) is 16.0. The molecule has 0 fully saturated rings. The van der Waals surface area contributed by atoms with Gasteiger partial charge in [0.25, 0.3) is 11.6 Å². The molecule has 7 nitrogen and oxygen atoms in total. The summed E-state index contributed by atoms with van der Waals surface area (Å²) in [5.74, 6) is 0.788. The SMILES string of the molecule is O=C(Nc1cccc(-c2cnc3n2CCC3)c1)c1ccc([N+](=O)[O-])cc1. The molecule has 0 bridgehead atoms. The average molecular weight is 348 g/mol. The Bertz CT molecular complexity index is 992. The van der Waals surface area contributed by atoms with Gasteiger partial charge < -0.3 is 9.88 Å². The molecule has 2 aromatic carbocycles. The van der Waals surface area contributed by atoms with Crippen molar-refractivity contribution in [1.82, 2.24) is 9.55 Å². The van der Waals surface area contributed by atoms with Crippen LogP contribution < -0.4 is 5.32 Å². The van der Waals surface area contributed by atoms with E-state index >= 15 is 0 Å². The Morgan fingerprint density at radius 2 is 2.00 bits per heavy atom. The van der Waals surface area contributed by atoms with E-state index in [2.05, 4.69) is 14.9 Å². The van der Waals surface area contributed by atoms with Crippen LogP contribution in [0.25, 0.3) is 11.3 Å². The van der Waals surface area contributed by atoms with Gasteiger partial charge in [0.1, 0.15) is 5.82 Å². The van der Waals surface area contributed by atoms with Crippen LogP contribution in [0.5, 0.6) is 0 Å². The highest BCUT2D eigenvalue weighted by Crippen LogP contribution is 2.27. The summed E-state index contributed by atoms with van der Waals surface area (Å²) >= 11 is 0. The summed E-state index contributed by atoms with van der Waals surface area (Å²) in [7, 11) is 0. The van der Waals surface area contributed by atoms with E-state index < -0.39 is 4.92 Å². The van der Waals surface area contributed by atoms with E-state index in [1.807, 2.05) is 30.5 Å². The molecule has 1 amide bonds. The lowest BCUT2D eigenvalue weighted by molar-refractivity contribution is -0.384. The van der Waals surface area contributed by atoms with E-state index in [4.69, 9.17) is 0 Å². The van der Waals surface area contributed by atoms with Gasteiger partial charge in [0.05, 0.1) is 16.8 Å². The minimum Gasteiger partial charge on any atom is -0.328 e. The summed E-state index contributed by atoms with van der Waals surface area (Å²) < 4.78 is 2.21. The molecular formula is C19H16N4O3. The van der Waals surface area contributed by atoms with E-state index in [-0.39, 0.29) is 11.6 Å². The van der Waals surface area contributed by atoms with Crippen molar-refractivity contribution in [2.75, 3.05) is 5.32 Å². The molecule has 1 N–H and O–H groups in total. The maximum Gasteiger partial charge on any atom is 0.269 e. The monoisotopic (exact) mass is 348 g/mol. The molecule has 0 aliphatic carbocycles. The van der Waals surface area contributed by atoms with Crippen LogP contribution in [0.4, 0.5) is 11.4 Å². The Kier molecular flexibility index (Phi) is 3.96. The first-order valence-electron chi connectivity index (χ1n) is 8.32. The number of benzene rings is 2. The molecule has 26 heavy (non-hydrogen) atoms. The minimum absolute atomic E-state index is 0.0434. The highest BCUT2D eigenvalue weighted by Gasteiger charge is 2.17. The third kappa shape index (κ3) is 2.95. The third-order valence-corrected chi connectivity index (χ3v) is 4.48. The molecule has 0 atom stereocenters. The quantitative estimate of drug-likeness (QED) is 0.575. The normalized spacial score (nSPS) is 12.6. The first-order chi connectivity index (χ1) is 12.6. The number of aromatic nitrogens is 2. The van der Waals surface area contributed by atoms with Crippen molar-refractivity contribution >= 4 is 17.3 Å². The molecule has 2 heterocycles. The van der Waals surface area contributed by atoms with Crippen LogP contribution >= 0.6 is 0 Å². The van der Waals surface area contributed by atoms with Crippen LogP contribution in [0, 0.1) is 10.1 Å². The predicted molar refractivity (Wildman–Crippen MR) is 97.0 cm³/mol. The van der Waals surface area contributed by atoms with Crippen LogP contribution in [0.3, 0.4) is 0 Å². The molecule has 1 aliphatic heterocycles. The second-order valence-corrected chi connectivity index (χ2v) is 6.15. The van der Waals surface area contributed by atoms with Gasteiger partial charge >= 0.3 is 0 Å². The topological polar surface area (TPSA) is 90.1 Å². The summed E-state index contributed by atoms with van der Waals surface area (Å²) in [4.78, 5) is 27.0. The van der Waals surface area contributed by atoms with Crippen molar-refractivity contribution in [3.8, 4) is 11.3 Å². The van der Waals surface area contributed by atoms with Crippen molar-refractivity contribution in [3.63, 3.8) is 0 Å². The molecule has 130 valence electrons. The zero-order chi connectivity index (χ0) is 18.1. The molecule has 4 rings (SSSR count). The van der Waals surface area contributed by atoms with Crippen molar-refractivity contribution in [1.29, 1.82) is 0 Å². The molecule has 7 heteroatoms. The van der Waals surface area contributed by atoms with Crippen molar-refractivity contribution in [3.05, 3.63) is 76.2 Å². The fourth-order valence-corrected chi connectivity index (χ4v) is 3.18. The number of hydrogen-bond donors (Lipinski definition) is 1. The molecule has 0 saturated carbocycles. The summed E-state index contributed by atoms with van der Waals surface area (Å²) in [5, 5.41) is 13.5. The number of nitro groups is 1. The molecule has 3 aromatic rings. The lowest BCUT2D eigenvalue weighted by atomic mass is 10.1. The number of nitrogens with zero attached hydrogens (tertiary/aromatic N) is 3. The van der Waals surface area contributed by atoms with Gasteiger partial charge in [-0.05, 0) is 30.7 Å². The van der Waals surface area contributed by atoms with Gasteiger partial charge in [-0.15, -0.1) is 0 Å². The van der Waals surface area contributed by atoms with Crippen LogP contribution in [-0.4, -0.2) is 20.4 Å². The lowest BCUT2D eigenvalue weighted by Gasteiger charge is -2.09. The van der Waals surface area contributed by atoms with Crippen molar-refractivity contribution in [2.24, 2.45) is 0 Å². The maximum absolute atomic E-state index is 12.4. The Labute approximate surface area is 149 Å². The number of amides is 1. The number of aryl methyl sites for hydroxylation is 1. The second-order valence-electron chi connectivity index (χ2n) is 6.15. The summed E-state index contributed by atoms with van der Waals surface area (Å²) in [6, 6.07) is 13.1. The van der Waals surface area contributed by atoms with Crippen LogP contribution in [0.1, 0.15) is 22.6 Å². The highest BCUT2D eigenvalue weighted by atomic mass is 16.6. The van der Waals surface area contributed by atoms with E-state index in [1.165, 1.54) is 24.3 Å². The minimum atomic E-state index is -0.491. The number of carbonyl (C=O) groups is 1. The smallest absolute Gasteiger partial charge is 0.269 e. The van der Waals surface area contributed by atoms with Crippen LogP contribution in [0.15, 0.2) is 54.7 Å². The standard InChI is InChI=1S/C19H16N4O3/c24-19(13-6-8-16(9-7-13)23(25)26)21-15-4-1-3-14(11-15)17-12-20-18-5-2-10-22(17)18/h1,3-4,6-9,11-12H,2,5,10H2,(H,21,24). The molecule has 0 saturated heterocycles. The summed E-state index contributed by atoms with van der Waals surface area (Å²) in [6.45, 7) is 0.962. The Morgan fingerprint density at radius 1 is 1.19 bits per heavy atom. The van der Waals surface area contributed by atoms with Gasteiger partial charge in [0, 0.05) is 41.9 Å². The lowest BCUT2D eigenvalue weighted by Crippen LogP contribution is -2.11. The van der Waals surface area contributed by atoms with Gasteiger partial charge in [0.2, 0.25) is 0 Å². The van der Waals surface area contributed by atoms with Crippen LogP contribution in [0.2, 0.25) is 0 Å². The number of fused-ring (bicyclic) bond motifs is 1. The average Bonchev–Trinajstić information content (AvgIpc) is 3.25. The number of carbonyl (C=O) groups excluding carboxylic acids is 1. The number of anilines is 1. The fraction of sp³-hybridized carbons (Fsp3) is 0.158. The number of hydrogen-bond acceptors (Lipinski definition) is 4.